The number of carbonyl (C=O) groups excluding carboxylic acids is 3. The average molecular weight is 752 g/mol. The molecule has 2 aromatic carbocycles. The maximum absolute atomic E-state index is 15.4. The van der Waals surface area contributed by atoms with E-state index in [4.69, 9.17) is 11.5 Å². The third kappa shape index (κ3) is 6.55. The quantitative estimate of drug-likeness (QED) is 0.154. The second-order valence-electron chi connectivity index (χ2n) is 12.3. The molecule has 3 heterocycles. The Kier molecular flexibility index (Phi) is 9.05. The van der Waals surface area contributed by atoms with Gasteiger partial charge in [-0.1, -0.05) is 19.9 Å². The van der Waals surface area contributed by atoms with Gasteiger partial charge in [-0.3, -0.25) is 19.1 Å². The van der Waals surface area contributed by atoms with E-state index in [2.05, 4.69) is 20.4 Å². The number of alkyl halides is 5. The molecule has 10 nitrogen and oxygen atoms in total. The number of primary amides is 2. The highest BCUT2D eigenvalue weighted by atomic mass is 32.1. The Balaban J connectivity index is 1.50. The second-order valence-corrected chi connectivity index (χ2v) is 13.3. The van der Waals surface area contributed by atoms with Crippen molar-refractivity contribution in [3.63, 3.8) is 0 Å². The zero-order chi connectivity index (χ0) is 38.0. The molecule has 3 atom stereocenters. The summed E-state index contributed by atoms with van der Waals surface area (Å²) in [4.78, 5) is 46.2. The maximum atomic E-state index is 15.4. The molecule has 0 radical (unpaired) electrons. The Labute approximate surface area is 291 Å². The van der Waals surface area contributed by atoms with Crippen LogP contribution in [0, 0.1) is 23.4 Å². The maximum Gasteiger partial charge on any atom is 0.435 e. The number of halogens is 8. The Hall–Kier alpha value is -5.46. The number of nitrogens with zero attached hydrogens (tertiary/aromatic N) is 4. The molecule has 1 aliphatic carbocycles. The number of rotatable bonds is 9. The van der Waals surface area contributed by atoms with Gasteiger partial charge >= 0.3 is 6.18 Å². The monoisotopic (exact) mass is 751 g/mol. The minimum absolute atomic E-state index is 0.0581. The SMILES string of the molecule is C[C@@H]1c2c(C(F)(F)F)nn(CC(=O)NC(Cc3cc(F)cc(F)c3)c3nc4nc(C(N)=O)sc4cc3-c3ccc(F)c(C(N)=O)c3)c2C(F)(F)[C@@H]1C. The lowest BCUT2D eigenvalue weighted by atomic mass is 9.94. The Morgan fingerprint density at radius 1 is 0.981 bits per heavy atom. The van der Waals surface area contributed by atoms with E-state index >= 15 is 8.78 Å². The summed E-state index contributed by atoms with van der Waals surface area (Å²) in [6.45, 7) is 1.13. The van der Waals surface area contributed by atoms with Gasteiger partial charge in [0.25, 0.3) is 17.7 Å². The number of benzene rings is 2. The molecule has 0 aliphatic heterocycles. The van der Waals surface area contributed by atoms with Gasteiger partial charge in [0.05, 0.1) is 22.0 Å². The molecule has 272 valence electrons. The highest BCUT2D eigenvalue weighted by Crippen LogP contribution is 2.55. The predicted molar refractivity (Wildman–Crippen MR) is 169 cm³/mol. The highest BCUT2D eigenvalue weighted by Gasteiger charge is 2.57. The van der Waals surface area contributed by atoms with E-state index in [0.29, 0.717) is 6.07 Å². The largest absolute Gasteiger partial charge is 0.435 e. The van der Waals surface area contributed by atoms with Crippen LogP contribution in [0.3, 0.4) is 0 Å². The summed E-state index contributed by atoms with van der Waals surface area (Å²) in [6.07, 6.45) is -5.59. The van der Waals surface area contributed by atoms with E-state index in [1.54, 1.807) is 0 Å². The van der Waals surface area contributed by atoms with E-state index < -0.39 is 101 Å². The molecule has 52 heavy (non-hydrogen) atoms. The first-order valence-corrected chi connectivity index (χ1v) is 16.1. The van der Waals surface area contributed by atoms with Crippen LogP contribution in [0.2, 0.25) is 0 Å². The van der Waals surface area contributed by atoms with Gasteiger partial charge in [-0.05, 0) is 53.8 Å². The molecule has 5 N–H and O–H groups in total. The number of nitrogens with one attached hydrogen (secondary N) is 1. The number of carbonyl (C=O) groups is 3. The van der Waals surface area contributed by atoms with E-state index in [1.165, 1.54) is 19.1 Å². The van der Waals surface area contributed by atoms with Gasteiger partial charge in [0.2, 0.25) is 5.91 Å². The van der Waals surface area contributed by atoms with Crippen molar-refractivity contribution in [2.24, 2.45) is 17.4 Å². The number of hydrogen-bond acceptors (Lipinski definition) is 7. The van der Waals surface area contributed by atoms with Crippen molar-refractivity contribution in [2.75, 3.05) is 0 Å². The normalized spacial score (nSPS) is 17.3. The summed E-state index contributed by atoms with van der Waals surface area (Å²) in [5, 5.41) is 5.68. The Morgan fingerprint density at radius 3 is 2.27 bits per heavy atom. The lowest BCUT2D eigenvalue weighted by molar-refractivity contribution is -0.143. The molecule has 0 fully saturated rings. The summed E-state index contributed by atoms with van der Waals surface area (Å²) < 4.78 is 117. The van der Waals surface area contributed by atoms with E-state index in [0.717, 1.165) is 42.5 Å². The van der Waals surface area contributed by atoms with Gasteiger partial charge in [0.1, 0.15) is 29.7 Å². The molecule has 1 aliphatic rings. The molecular formula is C33H25F8N7O3S. The van der Waals surface area contributed by atoms with Crippen LogP contribution in [-0.4, -0.2) is 37.5 Å². The van der Waals surface area contributed by atoms with Gasteiger partial charge in [0, 0.05) is 23.1 Å². The summed E-state index contributed by atoms with van der Waals surface area (Å²) >= 11 is 0.813. The van der Waals surface area contributed by atoms with Crippen LogP contribution in [0.5, 0.6) is 0 Å². The Bertz CT molecular complexity index is 2270. The Morgan fingerprint density at radius 2 is 1.65 bits per heavy atom. The first-order chi connectivity index (χ1) is 24.3. The third-order valence-electron chi connectivity index (χ3n) is 8.84. The molecule has 3 amide bonds. The predicted octanol–water partition coefficient (Wildman–Crippen LogP) is 6.13. The fourth-order valence-corrected chi connectivity index (χ4v) is 7.08. The second kappa shape index (κ2) is 12.9. The molecular weight excluding hydrogens is 726 g/mol. The summed E-state index contributed by atoms with van der Waals surface area (Å²) in [7, 11) is 0. The van der Waals surface area contributed by atoms with E-state index in [-0.39, 0.29) is 42.4 Å². The number of nitrogens with two attached hydrogens (primary N) is 2. The van der Waals surface area contributed by atoms with Gasteiger partial charge in [-0.15, -0.1) is 11.3 Å². The topological polar surface area (TPSA) is 159 Å². The van der Waals surface area contributed by atoms with E-state index in [1.807, 2.05) is 0 Å². The molecule has 3 aromatic heterocycles. The molecule has 1 unspecified atom stereocenters. The lowest BCUT2D eigenvalue weighted by Crippen LogP contribution is -2.35. The van der Waals surface area contributed by atoms with Crippen molar-refractivity contribution in [1.29, 1.82) is 0 Å². The van der Waals surface area contributed by atoms with Crippen molar-refractivity contribution >= 4 is 39.4 Å². The fraction of sp³-hybridized carbons (Fsp3) is 0.273. The van der Waals surface area contributed by atoms with Crippen molar-refractivity contribution in [3.8, 4) is 11.1 Å². The standard InChI is InChI=1S/C33H25F8N7O3S/c1-12-13(2)32(37,38)27-24(12)26(33(39,40)41)47-48(27)11-23(49)44-21(7-14-5-16(34)9-17(35)6-14)25-18(15-3-4-20(36)19(8-15)28(42)50)10-22-30(45-25)46-31(52-22)29(43)51/h3-6,8-10,12-13,21H,7,11H2,1-2H3,(H2,42,50)(H2,43,51)(H,44,49)/t12-,13+,21?/m0/s1. The van der Waals surface area contributed by atoms with Gasteiger partial charge < -0.3 is 16.8 Å². The van der Waals surface area contributed by atoms with Crippen LogP contribution < -0.4 is 16.8 Å². The summed E-state index contributed by atoms with van der Waals surface area (Å²) in [6, 6.07) is 5.59. The van der Waals surface area contributed by atoms with Crippen molar-refractivity contribution in [1.82, 2.24) is 25.1 Å². The average Bonchev–Trinajstić information content (AvgIpc) is 3.69. The molecule has 0 bridgehead atoms. The van der Waals surface area contributed by atoms with Crippen molar-refractivity contribution in [2.45, 2.75) is 50.9 Å². The number of amides is 3. The number of thiazole rings is 1. The summed E-state index contributed by atoms with van der Waals surface area (Å²) in [5.74, 6) is -12.8. The minimum atomic E-state index is -5.13. The third-order valence-corrected chi connectivity index (χ3v) is 9.84. The molecule has 0 saturated heterocycles. The van der Waals surface area contributed by atoms with Crippen LogP contribution in [0.15, 0.2) is 42.5 Å². The highest BCUT2D eigenvalue weighted by molar-refractivity contribution is 7.20. The van der Waals surface area contributed by atoms with E-state index in [9.17, 15) is 40.7 Å². The number of fused-ring (bicyclic) bond motifs is 2. The fourth-order valence-electron chi connectivity index (χ4n) is 6.28. The molecule has 5 aromatic rings. The lowest BCUT2D eigenvalue weighted by Gasteiger charge is -2.23. The van der Waals surface area contributed by atoms with Crippen molar-refractivity contribution < 1.29 is 49.5 Å². The van der Waals surface area contributed by atoms with Crippen LogP contribution in [0.1, 0.15) is 74.2 Å². The number of hydrogen-bond donors (Lipinski definition) is 3. The van der Waals surface area contributed by atoms with Gasteiger partial charge in [0.15, 0.2) is 16.3 Å². The molecule has 0 saturated carbocycles. The first kappa shape index (κ1) is 36.3. The van der Waals surface area contributed by atoms with Crippen LogP contribution in [0.25, 0.3) is 21.5 Å². The minimum Gasteiger partial charge on any atom is -0.366 e. The molecule has 6 rings (SSSR count). The molecule has 0 spiro atoms. The smallest absolute Gasteiger partial charge is 0.366 e. The van der Waals surface area contributed by atoms with Crippen LogP contribution in [-0.2, 0) is 29.9 Å². The number of pyridine rings is 1. The first-order valence-electron chi connectivity index (χ1n) is 15.3. The zero-order valence-electron chi connectivity index (χ0n) is 26.8. The van der Waals surface area contributed by atoms with Gasteiger partial charge in [-0.25, -0.2) is 23.1 Å². The van der Waals surface area contributed by atoms with Crippen LogP contribution in [0.4, 0.5) is 35.1 Å². The summed E-state index contributed by atoms with van der Waals surface area (Å²) in [5.41, 5.74) is 6.65. The van der Waals surface area contributed by atoms with Crippen LogP contribution >= 0.6 is 11.3 Å². The van der Waals surface area contributed by atoms with Crippen molar-refractivity contribution in [3.05, 3.63) is 98.7 Å². The number of aromatic nitrogens is 4. The molecule has 19 heteroatoms. The van der Waals surface area contributed by atoms with Gasteiger partial charge in [-0.2, -0.15) is 27.1 Å². The zero-order valence-corrected chi connectivity index (χ0v) is 27.6.